The van der Waals surface area contributed by atoms with Crippen LogP contribution in [0.15, 0.2) is 103 Å². The maximum atomic E-state index is 6.28. The fourth-order valence-electron chi connectivity index (χ4n) is 4.52. The number of nitrogens with zero attached hydrogens (tertiary/aromatic N) is 1. The molecule has 0 bridgehead atoms. The second-order valence-electron chi connectivity index (χ2n) is 7.82. The van der Waals surface area contributed by atoms with Gasteiger partial charge in [-0.3, -0.25) is 0 Å². The summed E-state index contributed by atoms with van der Waals surface area (Å²) in [6.07, 6.45) is 0. The highest BCUT2D eigenvalue weighted by molar-refractivity contribution is 6.33. The van der Waals surface area contributed by atoms with Gasteiger partial charge in [-0.1, -0.05) is 78.3 Å². The number of halogens is 1. The molecule has 0 radical (unpaired) electrons. The molecule has 2 N–H and O–H groups in total. The van der Waals surface area contributed by atoms with E-state index < -0.39 is 0 Å². The molecule has 2 nitrogen and oxygen atoms in total. The number of aromatic nitrogens is 1. The topological polar surface area (TPSA) is 30.9 Å². The third-order valence-electron chi connectivity index (χ3n) is 6.03. The number of nitrogens with two attached hydrogens (primary N) is 1. The van der Waals surface area contributed by atoms with E-state index in [2.05, 4.69) is 89.5 Å². The van der Waals surface area contributed by atoms with E-state index in [-0.39, 0.29) is 0 Å². The van der Waals surface area contributed by atoms with E-state index in [0.717, 1.165) is 16.8 Å². The maximum Gasteiger partial charge on any atom is 0.0641 e. The summed E-state index contributed by atoms with van der Waals surface area (Å²) in [6, 6.07) is 35.9. The second kappa shape index (κ2) is 6.90. The van der Waals surface area contributed by atoms with Crippen molar-refractivity contribution in [1.29, 1.82) is 0 Å². The zero-order valence-electron chi connectivity index (χ0n) is 16.7. The summed E-state index contributed by atoms with van der Waals surface area (Å²) in [5.41, 5.74) is 12.4. The average Bonchev–Trinajstić information content (AvgIpc) is 3.14. The van der Waals surface area contributed by atoms with Crippen LogP contribution in [0, 0.1) is 0 Å². The van der Waals surface area contributed by atoms with Gasteiger partial charge < -0.3 is 10.3 Å². The Morgan fingerprint density at radius 2 is 1.39 bits per heavy atom. The number of hydrogen-bond acceptors (Lipinski definition) is 1. The molecule has 0 saturated heterocycles. The first-order valence-corrected chi connectivity index (χ1v) is 10.7. The van der Waals surface area contributed by atoms with Crippen molar-refractivity contribution in [2.45, 2.75) is 0 Å². The molecule has 0 aliphatic heterocycles. The number of para-hydroxylation sites is 2. The lowest BCUT2D eigenvalue weighted by molar-refractivity contribution is 1.19. The lowest BCUT2D eigenvalue weighted by Crippen LogP contribution is -1.94. The third-order valence-corrected chi connectivity index (χ3v) is 6.36. The van der Waals surface area contributed by atoms with Crippen LogP contribution < -0.4 is 5.73 Å². The van der Waals surface area contributed by atoms with Gasteiger partial charge in [0.25, 0.3) is 0 Å². The van der Waals surface area contributed by atoms with Crippen LogP contribution in [0.4, 0.5) is 5.69 Å². The SMILES string of the molecule is Nc1c(Cl)cccc1-c1ccc2c(c1)c1ccccc1n2-c1ccc2ccccc2c1. The molecule has 6 rings (SSSR count). The summed E-state index contributed by atoms with van der Waals surface area (Å²) in [5, 5.41) is 5.46. The lowest BCUT2D eigenvalue weighted by Gasteiger charge is -2.10. The van der Waals surface area contributed by atoms with Crippen LogP contribution in [0.25, 0.3) is 49.4 Å². The number of anilines is 1. The predicted molar refractivity (Wildman–Crippen MR) is 133 cm³/mol. The Hall–Kier alpha value is -3.75. The first-order chi connectivity index (χ1) is 15.2. The first kappa shape index (κ1) is 18.1. The Bertz CT molecular complexity index is 1610. The highest BCUT2D eigenvalue weighted by Gasteiger charge is 2.14. The zero-order chi connectivity index (χ0) is 20.9. The van der Waals surface area contributed by atoms with Crippen LogP contribution in [0.3, 0.4) is 0 Å². The lowest BCUT2D eigenvalue weighted by atomic mass is 10.0. The van der Waals surface area contributed by atoms with Crippen molar-refractivity contribution < 1.29 is 0 Å². The molecule has 5 aromatic carbocycles. The molecule has 6 aromatic rings. The van der Waals surface area contributed by atoms with Crippen LogP contribution in [0.1, 0.15) is 0 Å². The van der Waals surface area contributed by atoms with Gasteiger partial charge in [0.1, 0.15) is 0 Å². The minimum absolute atomic E-state index is 0.580. The molecule has 0 fully saturated rings. The van der Waals surface area contributed by atoms with Crippen molar-refractivity contribution in [1.82, 2.24) is 4.57 Å². The van der Waals surface area contributed by atoms with Crippen molar-refractivity contribution in [3.05, 3.63) is 108 Å². The van der Waals surface area contributed by atoms with Crippen molar-refractivity contribution in [3.63, 3.8) is 0 Å². The van der Waals surface area contributed by atoms with Crippen LogP contribution in [-0.2, 0) is 0 Å². The quantitative estimate of drug-likeness (QED) is 0.285. The molecule has 1 heterocycles. The number of nitrogen functional groups attached to an aromatic ring is 1. The van der Waals surface area contributed by atoms with E-state index in [0.29, 0.717) is 10.7 Å². The van der Waals surface area contributed by atoms with Crippen molar-refractivity contribution in [3.8, 4) is 16.8 Å². The Kier molecular flexibility index (Phi) is 4.02. The van der Waals surface area contributed by atoms with Gasteiger partial charge in [-0.05, 0) is 52.7 Å². The summed E-state index contributed by atoms with van der Waals surface area (Å²) in [5.74, 6) is 0. The number of hydrogen-bond donors (Lipinski definition) is 1. The molecule has 148 valence electrons. The molecule has 0 aliphatic carbocycles. The van der Waals surface area contributed by atoms with Crippen molar-refractivity contribution >= 4 is 49.9 Å². The average molecular weight is 419 g/mol. The molecule has 0 atom stereocenters. The van der Waals surface area contributed by atoms with E-state index in [1.54, 1.807) is 0 Å². The molecular formula is C28H19ClN2. The van der Waals surface area contributed by atoms with Gasteiger partial charge in [-0.15, -0.1) is 0 Å². The molecule has 0 amide bonds. The number of rotatable bonds is 2. The molecule has 1 aromatic heterocycles. The Balaban J connectivity index is 1.65. The van der Waals surface area contributed by atoms with Crippen molar-refractivity contribution in [2.75, 3.05) is 5.73 Å². The van der Waals surface area contributed by atoms with Gasteiger partial charge in [0.15, 0.2) is 0 Å². The highest BCUT2D eigenvalue weighted by Crippen LogP contribution is 2.37. The fraction of sp³-hybridized carbons (Fsp3) is 0. The molecule has 0 saturated carbocycles. The van der Waals surface area contributed by atoms with Gasteiger partial charge in [0.2, 0.25) is 0 Å². The first-order valence-electron chi connectivity index (χ1n) is 10.3. The Morgan fingerprint density at radius 1 is 0.613 bits per heavy atom. The maximum absolute atomic E-state index is 6.28. The Morgan fingerprint density at radius 3 is 2.29 bits per heavy atom. The van der Waals surface area contributed by atoms with E-state index in [9.17, 15) is 0 Å². The van der Waals surface area contributed by atoms with Crippen LogP contribution in [0.5, 0.6) is 0 Å². The van der Waals surface area contributed by atoms with Crippen LogP contribution in [-0.4, -0.2) is 4.57 Å². The molecule has 3 heteroatoms. The monoisotopic (exact) mass is 418 g/mol. The van der Waals surface area contributed by atoms with Gasteiger partial charge in [-0.25, -0.2) is 0 Å². The summed E-state index contributed by atoms with van der Waals surface area (Å²) in [6.45, 7) is 0. The molecule has 31 heavy (non-hydrogen) atoms. The summed E-state index contributed by atoms with van der Waals surface area (Å²) < 4.78 is 2.34. The Labute approximate surface area is 185 Å². The molecule has 0 spiro atoms. The smallest absolute Gasteiger partial charge is 0.0641 e. The van der Waals surface area contributed by atoms with Gasteiger partial charge in [0, 0.05) is 22.0 Å². The van der Waals surface area contributed by atoms with Crippen LogP contribution >= 0.6 is 11.6 Å². The highest BCUT2D eigenvalue weighted by atomic mass is 35.5. The van der Waals surface area contributed by atoms with Crippen LogP contribution in [0.2, 0.25) is 5.02 Å². The van der Waals surface area contributed by atoms with Gasteiger partial charge in [-0.2, -0.15) is 0 Å². The van der Waals surface area contributed by atoms with Gasteiger partial charge >= 0.3 is 0 Å². The fourth-order valence-corrected chi connectivity index (χ4v) is 4.70. The van der Waals surface area contributed by atoms with E-state index in [1.165, 1.54) is 32.6 Å². The van der Waals surface area contributed by atoms with E-state index >= 15 is 0 Å². The predicted octanol–water partition coefficient (Wildman–Crippen LogP) is 7.84. The summed E-state index contributed by atoms with van der Waals surface area (Å²) >= 11 is 6.28. The largest absolute Gasteiger partial charge is 0.397 e. The summed E-state index contributed by atoms with van der Waals surface area (Å²) in [4.78, 5) is 0. The minimum Gasteiger partial charge on any atom is -0.397 e. The zero-order valence-corrected chi connectivity index (χ0v) is 17.5. The molecule has 0 aliphatic rings. The number of benzene rings is 5. The normalized spacial score (nSPS) is 11.5. The minimum atomic E-state index is 0.580. The summed E-state index contributed by atoms with van der Waals surface area (Å²) in [7, 11) is 0. The standard InChI is InChI=1S/C28H19ClN2/c29-25-10-5-9-22(28(25)30)20-13-15-27-24(17-20)23-8-3-4-11-26(23)31(27)21-14-12-18-6-1-2-7-19(18)16-21/h1-17H,30H2. The third kappa shape index (κ3) is 2.80. The van der Waals surface area contributed by atoms with Crippen molar-refractivity contribution in [2.24, 2.45) is 0 Å². The van der Waals surface area contributed by atoms with E-state index in [1.807, 2.05) is 18.2 Å². The van der Waals surface area contributed by atoms with Gasteiger partial charge in [0.05, 0.1) is 21.7 Å². The molecular weight excluding hydrogens is 400 g/mol. The number of fused-ring (bicyclic) bond motifs is 4. The second-order valence-corrected chi connectivity index (χ2v) is 8.22. The van der Waals surface area contributed by atoms with E-state index in [4.69, 9.17) is 17.3 Å². The molecule has 0 unspecified atom stereocenters.